The monoisotopic (exact) mass is 457 g/mol. The number of hydrogen-bond acceptors (Lipinski definition) is 6. The maximum Gasteiger partial charge on any atom is 0.283 e. The molecular weight excluding hydrogens is 430 g/mol. The number of nitrogens with zero attached hydrogens (tertiary/aromatic N) is 4. The van der Waals surface area contributed by atoms with Crippen molar-refractivity contribution in [2.75, 3.05) is 31.5 Å². The van der Waals surface area contributed by atoms with Crippen LogP contribution in [-0.4, -0.2) is 45.7 Å². The van der Waals surface area contributed by atoms with Crippen molar-refractivity contribution in [1.82, 2.24) is 19.5 Å². The van der Waals surface area contributed by atoms with Gasteiger partial charge in [-0.2, -0.15) is 4.52 Å². The number of fused-ring (bicyclic) bond motifs is 4. The Labute approximate surface area is 196 Å². The van der Waals surface area contributed by atoms with Gasteiger partial charge in [0.25, 0.3) is 5.56 Å². The Balaban J connectivity index is 1.61. The minimum absolute atomic E-state index is 0.132. The van der Waals surface area contributed by atoms with Crippen LogP contribution in [0, 0.1) is 0 Å². The number of benzene rings is 2. The fraction of sp³-hybridized carbons (Fsp3) is 0.269. The summed E-state index contributed by atoms with van der Waals surface area (Å²) in [5.41, 5.74) is 2.38. The second kappa shape index (κ2) is 9.29. The normalized spacial score (nSPS) is 11.7. The molecule has 7 heteroatoms. The SMILES string of the molecule is CCN(CC)CCCNc1nn2c(=O)c3c(-c4ccccc4)csc3nc2c2ccccc12. The summed E-state index contributed by atoms with van der Waals surface area (Å²) < 4.78 is 1.47. The van der Waals surface area contributed by atoms with Crippen LogP contribution in [0.1, 0.15) is 20.3 Å². The number of nitrogens with one attached hydrogen (secondary N) is 1. The average molecular weight is 458 g/mol. The maximum atomic E-state index is 13.7. The molecule has 0 radical (unpaired) electrons. The number of anilines is 1. The summed E-state index contributed by atoms with van der Waals surface area (Å²) in [6.45, 7) is 8.29. The molecule has 0 unspecified atom stereocenters. The highest BCUT2D eigenvalue weighted by atomic mass is 32.1. The van der Waals surface area contributed by atoms with Crippen LogP contribution in [0.25, 0.3) is 37.8 Å². The van der Waals surface area contributed by atoms with E-state index in [0.717, 1.165) is 65.1 Å². The first-order valence-corrected chi connectivity index (χ1v) is 12.3. The van der Waals surface area contributed by atoms with Crippen LogP contribution in [0.5, 0.6) is 0 Å². The number of thiophene rings is 1. The standard InChI is InChI=1S/C26H27N5OS/c1-3-30(4-2)16-10-15-27-23-19-13-8-9-14-20(19)24-28-25-22(26(32)31(24)29-23)21(17-33-25)18-11-6-5-7-12-18/h5-9,11-14,17H,3-4,10,15-16H2,1-2H3,(H,27,29). The molecule has 0 saturated heterocycles. The van der Waals surface area contributed by atoms with Crippen LogP contribution in [0.2, 0.25) is 0 Å². The Hall–Kier alpha value is -3.29. The number of aromatic nitrogens is 3. The van der Waals surface area contributed by atoms with E-state index in [1.807, 2.05) is 60.0 Å². The Bertz CT molecular complexity index is 1470. The van der Waals surface area contributed by atoms with Crippen LogP contribution < -0.4 is 10.9 Å². The molecular formula is C26H27N5OS. The summed E-state index contributed by atoms with van der Waals surface area (Å²) in [4.78, 5) is 21.7. The molecule has 1 N–H and O–H groups in total. The summed E-state index contributed by atoms with van der Waals surface area (Å²) >= 11 is 1.50. The van der Waals surface area contributed by atoms with E-state index in [9.17, 15) is 4.79 Å². The van der Waals surface area contributed by atoms with Crippen molar-refractivity contribution in [3.8, 4) is 11.1 Å². The third kappa shape index (κ3) is 3.98. The number of hydrogen-bond donors (Lipinski definition) is 1. The van der Waals surface area contributed by atoms with Gasteiger partial charge in [0, 0.05) is 28.3 Å². The Morgan fingerprint density at radius 1 is 1.00 bits per heavy atom. The molecule has 0 amide bonds. The van der Waals surface area contributed by atoms with E-state index >= 15 is 0 Å². The van der Waals surface area contributed by atoms with E-state index in [4.69, 9.17) is 10.1 Å². The van der Waals surface area contributed by atoms with E-state index in [0.29, 0.717) is 11.0 Å². The van der Waals surface area contributed by atoms with Crippen molar-refractivity contribution in [2.45, 2.75) is 20.3 Å². The van der Waals surface area contributed by atoms with Crippen LogP contribution in [0.4, 0.5) is 5.82 Å². The molecule has 0 aliphatic heterocycles. The fourth-order valence-electron chi connectivity index (χ4n) is 4.30. The van der Waals surface area contributed by atoms with Gasteiger partial charge in [-0.3, -0.25) is 4.79 Å². The molecule has 3 heterocycles. The predicted molar refractivity (Wildman–Crippen MR) is 138 cm³/mol. The van der Waals surface area contributed by atoms with Crippen molar-refractivity contribution in [1.29, 1.82) is 0 Å². The molecule has 0 atom stereocenters. The van der Waals surface area contributed by atoms with E-state index in [1.54, 1.807) is 0 Å². The van der Waals surface area contributed by atoms with E-state index in [2.05, 4.69) is 24.1 Å². The molecule has 0 aliphatic carbocycles. The average Bonchev–Trinajstić information content (AvgIpc) is 3.29. The molecule has 0 saturated carbocycles. The molecule has 0 spiro atoms. The molecule has 5 aromatic rings. The first-order chi connectivity index (χ1) is 16.2. The first kappa shape index (κ1) is 21.6. The highest BCUT2D eigenvalue weighted by Crippen LogP contribution is 2.32. The van der Waals surface area contributed by atoms with Gasteiger partial charge in [0.1, 0.15) is 4.83 Å². The molecule has 5 rings (SSSR count). The number of rotatable bonds is 8. The molecule has 168 valence electrons. The smallest absolute Gasteiger partial charge is 0.283 e. The molecule has 6 nitrogen and oxygen atoms in total. The zero-order valence-corrected chi connectivity index (χ0v) is 19.7. The van der Waals surface area contributed by atoms with Crippen molar-refractivity contribution in [2.24, 2.45) is 0 Å². The molecule has 0 aliphatic rings. The molecule has 0 fully saturated rings. The third-order valence-corrected chi connectivity index (χ3v) is 7.00. The Morgan fingerprint density at radius 2 is 1.73 bits per heavy atom. The van der Waals surface area contributed by atoms with Gasteiger partial charge in [-0.25, -0.2) is 4.98 Å². The Morgan fingerprint density at radius 3 is 2.48 bits per heavy atom. The van der Waals surface area contributed by atoms with Crippen LogP contribution >= 0.6 is 11.3 Å². The van der Waals surface area contributed by atoms with E-state index in [-0.39, 0.29) is 5.56 Å². The van der Waals surface area contributed by atoms with Crippen LogP contribution in [-0.2, 0) is 0 Å². The minimum atomic E-state index is -0.132. The molecule has 0 bridgehead atoms. The second-order valence-corrected chi connectivity index (χ2v) is 8.91. The minimum Gasteiger partial charge on any atom is -0.368 e. The zero-order valence-electron chi connectivity index (χ0n) is 18.9. The van der Waals surface area contributed by atoms with Gasteiger partial charge in [0.05, 0.1) is 5.39 Å². The fourth-order valence-corrected chi connectivity index (χ4v) is 5.24. The van der Waals surface area contributed by atoms with Gasteiger partial charge < -0.3 is 10.2 Å². The van der Waals surface area contributed by atoms with Crippen molar-refractivity contribution < 1.29 is 0 Å². The lowest BCUT2D eigenvalue weighted by atomic mass is 10.1. The van der Waals surface area contributed by atoms with Gasteiger partial charge >= 0.3 is 0 Å². The van der Waals surface area contributed by atoms with E-state index in [1.165, 1.54) is 15.9 Å². The highest BCUT2D eigenvalue weighted by molar-refractivity contribution is 7.17. The lowest BCUT2D eigenvalue weighted by Crippen LogP contribution is -2.25. The predicted octanol–water partition coefficient (Wildman–Crippen LogP) is 5.27. The quantitative estimate of drug-likeness (QED) is 0.254. The molecule has 2 aromatic carbocycles. The van der Waals surface area contributed by atoms with Crippen molar-refractivity contribution in [3.05, 3.63) is 70.3 Å². The summed E-state index contributed by atoms with van der Waals surface area (Å²) in [5.74, 6) is 0.720. The Kier molecular flexibility index (Phi) is 6.07. The lowest BCUT2D eigenvalue weighted by Gasteiger charge is -2.18. The largest absolute Gasteiger partial charge is 0.368 e. The first-order valence-electron chi connectivity index (χ1n) is 11.5. The maximum absolute atomic E-state index is 13.7. The zero-order chi connectivity index (χ0) is 22.8. The van der Waals surface area contributed by atoms with Crippen LogP contribution in [0.3, 0.4) is 0 Å². The van der Waals surface area contributed by atoms with Crippen LogP contribution in [0.15, 0.2) is 64.8 Å². The lowest BCUT2D eigenvalue weighted by molar-refractivity contribution is 0.303. The highest BCUT2D eigenvalue weighted by Gasteiger charge is 2.17. The van der Waals surface area contributed by atoms with Gasteiger partial charge in [0.2, 0.25) is 0 Å². The second-order valence-electron chi connectivity index (χ2n) is 8.05. The summed E-state index contributed by atoms with van der Waals surface area (Å²) in [6.07, 6.45) is 1.00. The summed E-state index contributed by atoms with van der Waals surface area (Å²) in [5, 5.41) is 12.8. The third-order valence-electron chi connectivity index (χ3n) is 6.13. The van der Waals surface area contributed by atoms with Gasteiger partial charge in [-0.15, -0.1) is 16.4 Å². The van der Waals surface area contributed by atoms with E-state index < -0.39 is 0 Å². The topological polar surface area (TPSA) is 62.5 Å². The van der Waals surface area contributed by atoms with Gasteiger partial charge in [-0.1, -0.05) is 68.4 Å². The summed E-state index contributed by atoms with van der Waals surface area (Å²) in [7, 11) is 0. The summed E-state index contributed by atoms with van der Waals surface area (Å²) in [6, 6.07) is 18.0. The van der Waals surface area contributed by atoms with Gasteiger partial charge in [0.15, 0.2) is 11.5 Å². The molecule has 3 aromatic heterocycles. The molecule has 33 heavy (non-hydrogen) atoms. The van der Waals surface area contributed by atoms with Gasteiger partial charge in [-0.05, 0) is 31.6 Å². The van der Waals surface area contributed by atoms with Crippen molar-refractivity contribution >= 4 is 43.8 Å². The van der Waals surface area contributed by atoms with Crippen molar-refractivity contribution in [3.63, 3.8) is 0 Å².